The Morgan fingerprint density at radius 3 is 2.52 bits per heavy atom. The van der Waals surface area contributed by atoms with E-state index in [1.165, 1.54) is 30.3 Å². The summed E-state index contributed by atoms with van der Waals surface area (Å²) in [4.78, 5) is 19.6. The van der Waals surface area contributed by atoms with Gasteiger partial charge in [-0.3, -0.25) is 4.79 Å². The molecule has 1 aliphatic heterocycles. The molecule has 4 rings (SSSR count). The van der Waals surface area contributed by atoms with Gasteiger partial charge in [-0.05, 0) is 42.5 Å². The van der Waals surface area contributed by atoms with Crippen molar-refractivity contribution in [3.63, 3.8) is 0 Å². The quantitative estimate of drug-likeness (QED) is 0.437. The number of carbonyl (C=O) groups excluding carboxylic acids is 1. The Hall–Kier alpha value is -3.78. The number of pyridine rings is 1. The van der Waals surface area contributed by atoms with Crippen molar-refractivity contribution >= 4 is 44.4 Å². The van der Waals surface area contributed by atoms with Crippen molar-refractivity contribution in [1.82, 2.24) is 4.98 Å². The normalized spacial score (nSPS) is 14.7. The van der Waals surface area contributed by atoms with Crippen LogP contribution >= 0.6 is 0 Å². The number of benzene rings is 2. The number of para-hydroxylation sites is 1. The maximum absolute atomic E-state index is 12.8. The first-order valence-electron chi connectivity index (χ1n) is 10.1. The number of amides is 1. The van der Waals surface area contributed by atoms with E-state index in [0.717, 1.165) is 10.9 Å². The van der Waals surface area contributed by atoms with Crippen molar-refractivity contribution in [2.45, 2.75) is 4.90 Å². The molecule has 3 aromatic rings. The Morgan fingerprint density at radius 1 is 1.15 bits per heavy atom. The van der Waals surface area contributed by atoms with Gasteiger partial charge < -0.3 is 15.0 Å². The van der Waals surface area contributed by atoms with Crippen LogP contribution in [0.15, 0.2) is 65.1 Å². The molecule has 33 heavy (non-hydrogen) atoms. The summed E-state index contributed by atoms with van der Waals surface area (Å²) in [6.07, 6.45) is 1.51. The number of morpholine rings is 1. The Labute approximate surface area is 191 Å². The molecule has 0 radical (unpaired) electrons. The van der Waals surface area contributed by atoms with Gasteiger partial charge >= 0.3 is 0 Å². The van der Waals surface area contributed by atoms with E-state index >= 15 is 0 Å². The first-order chi connectivity index (χ1) is 15.8. The van der Waals surface area contributed by atoms with Gasteiger partial charge in [0.2, 0.25) is 10.0 Å². The molecule has 10 heteroatoms. The average Bonchev–Trinajstić information content (AvgIpc) is 2.82. The number of carbonyl (C=O) groups is 1. The van der Waals surface area contributed by atoms with E-state index < -0.39 is 15.9 Å². The molecule has 9 nitrogen and oxygen atoms in total. The monoisotopic (exact) mass is 463 g/mol. The molecule has 3 N–H and O–H groups in total. The fourth-order valence-corrected chi connectivity index (χ4v) is 4.00. The van der Waals surface area contributed by atoms with Gasteiger partial charge in [0, 0.05) is 29.7 Å². The number of anilines is 2. The molecule has 0 spiro atoms. The largest absolute Gasteiger partial charge is 0.378 e. The highest BCUT2D eigenvalue weighted by molar-refractivity contribution is 7.89. The van der Waals surface area contributed by atoms with Gasteiger partial charge in [-0.1, -0.05) is 18.2 Å². The molecule has 0 saturated carbocycles. The first kappa shape index (κ1) is 22.4. The average molecular weight is 464 g/mol. The number of nitriles is 1. The van der Waals surface area contributed by atoms with Crippen molar-refractivity contribution < 1.29 is 17.9 Å². The van der Waals surface area contributed by atoms with E-state index in [2.05, 4.69) is 10.2 Å². The van der Waals surface area contributed by atoms with E-state index in [-0.39, 0.29) is 10.5 Å². The van der Waals surface area contributed by atoms with Gasteiger partial charge in [-0.25, -0.2) is 18.5 Å². The predicted octanol–water partition coefficient (Wildman–Crippen LogP) is 2.26. The number of nitrogens with one attached hydrogen (secondary N) is 1. The molecule has 168 valence electrons. The van der Waals surface area contributed by atoms with Crippen LogP contribution in [0.25, 0.3) is 17.0 Å². The van der Waals surface area contributed by atoms with Crippen LogP contribution in [0.2, 0.25) is 0 Å². The van der Waals surface area contributed by atoms with Crippen molar-refractivity contribution in [1.29, 1.82) is 5.26 Å². The summed E-state index contributed by atoms with van der Waals surface area (Å²) in [5.74, 6) is 0.0528. The minimum absolute atomic E-state index is 0.0751. The van der Waals surface area contributed by atoms with E-state index in [1.54, 1.807) is 0 Å². The molecule has 1 aromatic heterocycles. The zero-order chi connectivity index (χ0) is 23.4. The lowest BCUT2D eigenvalue weighted by Crippen LogP contribution is -2.37. The topological polar surface area (TPSA) is 138 Å². The molecule has 1 saturated heterocycles. The molecule has 0 atom stereocenters. The third-order valence-corrected chi connectivity index (χ3v) is 6.08. The van der Waals surface area contributed by atoms with Crippen molar-refractivity contribution in [2.75, 3.05) is 36.5 Å². The highest BCUT2D eigenvalue weighted by Crippen LogP contribution is 2.27. The molecule has 0 bridgehead atoms. The van der Waals surface area contributed by atoms with Gasteiger partial charge in [-0.2, -0.15) is 5.26 Å². The second-order valence-electron chi connectivity index (χ2n) is 7.39. The van der Waals surface area contributed by atoms with Gasteiger partial charge in [0.25, 0.3) is 5.91 Å². The van der Waals surface area contributed by atoms with E-state index in [9.17, 15) is 18.5 Å². The molecule has 2 aromatic carbocycles. The van der Waals surface area contributed by atoms with Crippen LogP contribution in [0.5, 0.6) is 0 Å². The number of nitrogens with two attached hydrogens (primary N) is 1. The second kappa shape index (κ2) is 9.38. The summed E-state index contributed by atoms with van der Waals surface area (Å²) >= 11 is 0. The lowest BCUT2D eigenvalue weighted by atomic mass is 10.1. The van der Waals surface area contributed by atoms with Crippen LogP contribution in [0, 0.1) is 11.3 Å². The highest BCUT2D eigenvalue weighted by Gasteiger charge is 2.19. The number of ether oxygens (including phenoxy) is 1. The minimum atomic E-state index is -3.84. The van der Waals surface area contributed by atoms with Crippen LogP contribution in [-0.2, 0) is 19.6 Å². The number of rotatable bonds is 5. The third kappa shape index (κ3) is 5.18. The maximum Gasteiger partial charge on any atom is 0.266 e. The van der Waals surface area contributed by atoms with Crippen LogP contribution in [0.4, 0.5) is 11.5 Å². The van der Waals surface area contributed by atoms with Crippen LogP contribution in [0.3, 0.4) is 0 Å². The molecular weight excluding hydrogens is 442 g/mol. The van der Waals surface area contributed by atoms with Gasteiger partial charge in [0.05, 0.1) is 23.6 Å². The number of sulfonamides is 1. The van der Waals surface area contributed by atoms with Gasteiger partial charge in [0.1, 0.15) is 17.5 Å². The summed E-state index contributed by atoms with van der Waals surface area (Å²) in [6.45, 7) is 2.43. The smallest absolute Gasteiger partial charge is 0.266 e. The molecule has 1 amide bonds. The van der Waals surface area contributed by atoms with E-state index in [1.807, 2.05) is 36.4 Å². The fourth-order valence-electron chi connectivity index (χ4n) is 3.49. The number of fused-ring (bicyclic) bond motifs is 1. The van der Waals surface area contributed by atoms with Crippen molar-refractivity contribution in [3.05, 3.63) is 65.7 Å². The van der Waals surface area contributed by atoms with Crippen LogP contribution < -0.4 is 15.4 Å². The van der Waals surface area contributed by atoms with E-state index in [0.29, 0.717) is 43.4 Å². The molecule has 1 aliphatic rings. The fraction of sp³-hybridized carbons (Fsp3) is 0.174. The second-order valence-corrected chi connectivity index (χ2v) is 8.95. The molecule has 0 unspecified atom stereocenters. The molecule has 2 heterocycles. The number of nitrogens with zero attached hydrogens (tertiary/aromatic N) is 3. The zero-order valence-electron chi connectivity index (χ0n) is 17.6. The number of hydrogen-bond donors (Lipinski definition) is 2. The Morgan fingerprint density at radius 2 is 1.85 bits per heavy atom. The molecular formula is C23H21N5O4S. The predicted molar refractivity (Wildman–Crippen MR) is 125 cm³/mol. The first-order valence-corrected chi connectivity index (χ1v) is 11.7. The summed E-state index contributed by atoms with van der Waals surface area (Å²) in [6, 6.07) is 16.9. The summed E-state index contributed by atoms with van der Waals surface area (Å²) in [7, 11) is -3.84. The Balaban J connectivity index is 1.67. The van der Waals surface area contributed by atoms with E-state index in [4.69, 9.17) is 14.9 Å². The summed E-state index contributed by atoms with van der Waals surface area (Å²) < 4.78 is 28.2. The summed E-state index contributed by atoms with van der Waals surface area (Å²) in [5, 5.41) is 18.3. The van der Waals surface area contributed by atoms with Crippen molar-refractivity contribution in [3.8, 4) is 6.07 Å². The van der Waals surface area contributed by atoms with Gasteiger partial charge in [-0.15, -0.1) is 0 Å². The minimum Gasteiger partial charge on any atom is -0.378 e. The highest BCUT2D eigenvalue weighted by atomic mass is 32.2. The Kier molecular flexibility index (Phi) is 6.37. The SMILES string of the molecule is N#C/C(=C\c1cc2ccccc2nc1N1CCOCC1)C(=O)Nc1ccc(S(N)(=O)=O)cc1. The molecule has 0 aliphatic carbocycles. The van der Waals surface area contributed by atoms with Crippen molar-refractivity contribution in [2.24, 2.45) is 5.14 Å². The van der Waals surface area contributed by atoms with Crippen LogP contribution in [0.1, 0.15) is 5.56 Å². The zero-order valence-corrected chi connectivity index (χ0v) is 18.4. The van der Waals surface area contributed by atoms with Gasteiger partial charge in [0.15, 0.2) is 0 Å². The summed E-state index contributed by atoms with van der Waals surface area (Å²) in [5.41, 5.74) is 1.68. The lowest BCUT2D eigenvalue weighted by molar-refractivity contribution is -0.112. The number of aromatic nitrogens is 1. The Bertz CT molecular complexity index is 1370. The number of hydrogen-bond acceptors (Lipinski definition) is 7. The third-order valence-electron chi connectivity index (χ3n) is 5.15. The standard InChI is InChI=1S/C23H21N5O4S/c24-15-18(23(29)26-19-5-7-20(8-6-19)33(25,30)31)14-17-13-16-3-1-2-4-21(16)27-22(17)28-9-11-32-12-10-28/h1-8,13-14H,9-12H2,(H,26,29)(H2,25,30,31)/b18-14+. The maximum atomic E-state index is 12.8. The molecule has 1 fully saturated rings. The lowest BCUT2D eigenvalue weighted by Gasteiger charge is -2.29. The number of primary sulfonamides is 1. The van der Waals surface area contributed by atoms with Crippen LogP contribution in [-0.4, -0.2) is 45.6 Å².